The third-order valence-corrected chi connectivity index (χ3v) is 7.30. The molecule has 0 unspecified atom stereocenters. The van der Waals surface area contributed by atoms with Gasteiger partial charge in [0, 0.05) is 36.8 Å². The van der Waals surface area contributed by atoms with Gasteiger partial charge in [-0.05, 0) is 25.3 Å². The highest BCUT2D eigenvalue weighted by Gasteiger charge is 2.22. The number of anilines is 1. The molecule has 0 N–H and O–H groups in total. The molecule has 1 fully saturated rings. The molecule has 2 aromatic heterocycles. The van der Waals surface area contributed by atoms with Crippen LogP contribution < -0.4 is 4.90 Å². The molecule has 3 heterocycles. The molecule has 200 valence electrons. The van der Waals surface area contributed by atoms with Crippen molar-refractivity contribution in [2.24, 2.45) is 0 Å². The van der Waals surface area contributed by atoms with E-state index >= 15 is 0 Å². The fourth-order valence-electron chi connectivity index (χ4n) is 5.16. The van der Waals surface area contributed by atoms with Gasteiger partial charge in [0.25, 0.3) is 0 Å². The summed E-state index contributed by atoms with van der Waals surface area (Å²) in [6, 6.07) is 32.6. The Kier molecular flexibility index (Phi) is 7.35. The number of aromatic nitrogens is 4. The summed E-state index contributed by atoms with van der Waals surface area (Å²) in [7, 11) is 1.88. The molecule has 1 saturated heterocycles. The van der Waals surface area contributed by atoms with Gasteiger partial charge in [-0.1, -0.05) is 91.0 Å². The van der Waals surface area contributed by atoms with Gasteiger partial charge >= 0.3 is 0 Å². The third-order valence-electron chi connectivity index (χ3n) is 7.30. The molecular weight excluding hydrogens is 496 g/mol. The monoisotopic (exact) mass is 528 g/mol. The summed E-state index contributed by atoms with van der Waals surface area (Å²) in [6.45, 7) is 1.89. The van der Waals surface area contributed by atoms with Crippen molar-refractivity contribution in [3.8, 4) is 39.5 Å². The van der Waals surface area contributed by atoms with Crippen molar-refractivity contribution in [2.75, 3.05) is 31.6 Å². The van der Waals surface area contributed by atoms with Crippen LogP contribution in [0.5, 0.6) is 0 Å². The number of carbonyl (C=O) groups is 1. The second-order valence-electron chi connectivity index (χ2n) is 10.1. The van der Waals surface area contributed by atoms with Crippen LogP contribution in [0.2, 0.25) is 0 Å². The van der Waals surface area contributed by atoms with Crippen molar-refractivity contribution in [1.29, 1.82) is 0 Å². The molecule has 3 aromatic carbocycles. The highest BCUT2D eigenvalue weighted by molar-refractivity contribution is 5.81. The number of carbonyl (C=O) groups excluding carboxylic acids is 1. The standard InChI is InChI=1S/C33H32N6O/c1-37(24-31(40)38-20-12-5-13-21-38)33-34-23-30(32(35-33)27-18-10-4-11-19-27)39-29(26-16-8-3-9-17-26)22-28(36-39)25-14-6-2-7-15-25/h2-4,6-11,14-19,22-23H,5,12-13,20-21,24H2,1H3. The first-order valence-corrected chi connectivity index (χ1v) is 13.8. The number of rotatable bonds is 7. The van der Waals surface area contributed by atoms with E-state index in [9.17, 15) is 4.79 Å². The molecule has 7 heteroatoms. The van der Waals surface area contributed by atoms with E-state index in [-0.39, 0.29) is 12.5 Å². The Balaban J connectivity index is 1.44. The second kappa shape index (κ2) is 11.5. The maximum atomic E-state index is 13.0. The van der Waals surface area contributed by atoms with Gasteiger partial charge in [0.2, 0.25) is 11.9 Å². The maximum absolute atomic E-state index is 13.0. The average Bonchev–Trinajstić information content (AvgIpc) is 3.48. The first kappa shape index (κ1) is 25.5. The van der Waals surface area contributed by atoms with Crippen molar-refractivity contribution in [3.63, 3.8) is 0 Å². The lowest BCUT2D eigenvalue weighted by Crippen LogP contribution is -2.42. The lowest BCUT2D eigenvalue weighted by Gasteiger charge is -2.28. The Morgan fingerprint density at radius 3 is 2.05 bits per heavy atom. The van der Waals surface area contributed by atoms with Crippen LogP contribution in [0.1, 0.15) is 19.3 Å². The molecule has 7 nitrogen and oxygen atoms in total. The Bertz CT molecular complexity index is 1580. The van der Waals surface area contributed by atoms with Crippen molar-refractivity contribution in [3.05, 3.63) is 103 Å². The van der Waals surface area contributed by atoms with E-state index in [4.69, 9.17) is 15.1 Å². The van der Waals surface area contributed by atoms with Crippen LogP contribution in [0.15, 0.2) is 103 Å². The summed E-state index contributed by atoms with van der Waals surface area (Å²) in [5, 5.41) is 5.06. The number of likely N-dealkylation sites (N-methyl/N-ethyl adjacent to an activating group) is 1. The van der Waals surface area contributed by atoms with Crippen LogP contribution in [0.3, 0.4) is 0 Å². The SMILES string of the molecule is CN(CC(=O)N1CCCCC1)c1ncc(-n2nc(-c3ccccc3)cc2-c2ccccc2)c(-c2ccccc2)n1. The van der Waals surface area contributed by atoms with E-state index in [1.165, 1.54) is 6.42 Å². The van der Waals surface area contributed by atoms with Gasteiger partial charge < -0.3 is 9.80 Å². The zero-order valence-corrected chi connectivity index (χ0v) is 22.6. The second-order valence-corrected chi connectivity index (χ2v) is 10.1. The van der Waals surface area contributed by atoms with Gasteiger partial charge in [-0.15, -0.1) is 0 Å². The molecule has 40 heavy (non-hydrogen) atoms. The fourth-order valence-corrected chi connectivity index (χ4v) is 5.16. The van der Waals surface area contributed by atoms with Crippen molar-refractivity contribution in [2.45, 2.75) is 19.3 Å². The Morgan fingerprint density at radius 2 is 1.40 bits per heavy atom. The molecule has 5 aromatic rings. The summed E-state index contributed by atoms with van der Waals surface area (Å²) in [5.74, 6) is 0.617. The lowest BCUT2D eigenvalue weighted by atomic mass is 10.1. The van der Waals surface area contributed by atoms with Gasteiger partial charge in [-0.2, -0.15) is 5.10 Å². The third kappa shape index (κ3) is 5.36. The highest BCUT2D eigenvalue weighted by atomic mass is 16.2. The quantitative estimate of drug-likeness (QED) is 0.255. The zero-order chi connectivity index (χ0) is 27.3. The molecule has 0 saturated carbocycles. The molecule has 0 spiro atoms. The van der Waals surface area contributed by atoms with Gasteiger partial charge in [0.15, 0.2) is 0 Å². The van der Waals surface area contributed by atoms with Crippen molar-refractivity contribution in [1.82, 2.24) is 24.6 Å². The van der Waals surface area contributed by atoms with E-state index in [2.05, 4.69) is 30.3 Å². The summed E-state index contributed by atoms with van der Waals surface area (Å²) >= 11 is 0. The highest BCUT2D eigenvalue weighted by Crippen LogP contribution is 2.33. The van der Waals surface area contributed by atoms with Crippen LogP contribution >= 0.6 is 0 Å². The minimum Gasteiger partial charge on any atom is -0.341 e. The van der Waals surface area contributed by atoms with Gasteiger partial charge in [0.1, 0.15) is 11.4 Å². The number of amides is 1. The fraction of sp³-hybridized carbons (Fsp3) is 0.212. The summed E-state index contributed by atoms with van der Waals surface area (Å²) in [4.78, 5) is 26.5. The first-order chi connectivity index (χ1) is 19.7. The predicted octanol–water partition coefficient (Wildman–Crippen LogP) is 6.11. The molecule has 6 rings (SSSR count). The van der Waals surface area contributed by atoms with Gasteiger partial charge in [-0.25, -0.2) is 14.6 Å². The van der Waals surface area contributed by atoms with Crippen molar-refractivity contribution < 1.29 is 4.79 Å². The van der Waals surface area contributed by atoms with Crippen LogP contribution in [-0.4, -0.2) is 57.2 Å². The minimum atomic E-state index is 0.113. The smallest absolute Gasteiger partial charge is 0.242 e. The molecule has 0 aliphatic carbocycles. The lowest BCUT2D eigenvalue weighted by molar-refractivity contribution is -0.130. The maximum Gasteiger partial charge on any atom is 0.242 e. The van der Waals surface area contributed by atoms with Crippen molar-refractivity contribution >= 4 is 11.9 Å². The molecule has 0 radical (unpaired) electrons. The van der Waals surface area contributed by atoms with Crippen LogP contribution in [0.4, 0.5) is 5.95 Å². The predicted molar refractivity (Wildman–Crippen MR) is 159 cm³/mol. The Morgan fingerprint density at radius 1 is 0.800 bits per heavy atom. The zero-order valence-electron chi connectivity index (χ0n) is 22.6. The number of hydrogen-bond donors (Lipinski definition) is 0. The topological polar surface area (TPSA) is 67.2 Å². The van der Waals surface area contributed by atoms with E-state index in [0.29, 0.717) is 5.95 Å². The normalized spacial score (nSPS) is 13.3. The number of nitrogens with zero attached hydrogens (tertiary/aromatic N) is 6. The van der Waals surface area contributed by atoms with E-state index in [1.807, 2.05) is 94.5 Å². The molecule has 1 aliphatic rings. The molecular formula is C33H32N6O. The molecule has 0 atom stereocenters. The molecule has 1 aliphatic heterocycles. The van der Waals surface area contributed by atoms with Crippen LogP contribution in [0.25, 0.3) is 39.5 Å². The Labute approximate surface area is 234 Å². The summed E-state index contributed by atoms with van der Waals surface area (Å²) < 4.78 is 1.93. The molecule has 1 amide bonds. The largest absolute Gasteiger partial charge is 0.341 e. The molecule has 0 bridgehead atoms. The van der Waals surface area contributed by atoms with E-state index in [0.717, 1.165) is 65.4 Å². The van der Waals surface area contributed by atoms with E-state index < -0.39 is 0 Å². The number of likely N-dealkylation sites (tertiary alicyclic amines) is 1. The van der Waals surface area contributed by atoms with Gasteiger partial charge in [0.05, 0.1) is 24.1 Å². The van der Waals surface area contributed by atoms with Gasteiger partial charge in [-0.3, -0.25) is 4.79 Å². The summed E-state index contributed by atoms with van der Waals surface area (Å²) in [6.07, 6.45) is 5.14. The van der Waals surface area contributed by atoms with Crippen LogP contribution in [0, 0.1) is 0 Å². The van der Waals surface area contributed by atoms with E-state index in [1.54, 1.807) is 0 Å². The number of piperidine rings is 1. The average molecular weight is 529 g/mol. The first-order valence-electron chi connectivity index (χ1n) is 13.8. The Hall–Kier alpha value is -4.78. The summed E-state index contributed by atoms with van der Waals surface area (Å²) in [5.41, 5.74) is 6.37. The number of hydrogen-bond acceptors (Lipinski definition) is 5. The number of benzene rings is 3. The van der Waals surface area contributed by atoms with Crippen LogP contribution in [-0.2, 0) is 4.79 Å². The minimum absolute atomic E-state index is 0.113.